The van der Waals surface area contributed by atoms with Gasteiger partial charge in [0.2, 0.25) is 0 Å². The van der Waals surface area contributed by atoms with Crippen molar-refractivity contribution in [3.63, 3.8) is 0 Å². The Morgan fingerprint density at radius 3 is 2.63 bits per heavy atom. The minimum absolute atomic E-state index is 0.118. The number of benzene rings is 1. The first kappa shape index (κ1) is 13.5. The third kappa shape index (κ3) is 2.71. The maximum atomic E-state index is 12.6. The number of Topliss-reactive ketones (excluding diaryl/α,β-unsaturated/α-hetero) is 1. The van der Waals surface area contributed by atoms with Crippen molar-refractivity contribution >= 4 is 49.0 Å². The van der Waals surface area contributed by atoms with Gasteiger partial charge in [0, 0.05) is 11.5 Å². The zero-order valence-corrected chi connectivity index (χ0v) is 14.1. The van der Waals surface area contributed by atoms with Crippen LogP contribution < -0.4 is 0 Å². The van der Waals surface area contributed by atoms with Crippen LogP contribution in [-0.4, -0.2) is 5.78 Å². The number of rotatable bonds is 2. The van der Waals surface area contributed by atoms with Crippen LogP contribution in [0.4, 0.5) is 0 Å². The summed E-state index contributed by atoms with van der Waals surface area (Å²) in [6.07, 6.45) is 2.83. The molecule has 3 rings (SSSR count). The van der Waals surface area contributed by atoms with Gasteiger partial charge in [-0.3, -0.25) is 4.79 Å². The van der Waals surface area contributed by atoms with Gasteiger partial charge in [-0.15, -0.1) is 11.3 Å². The first-order valence-corrected chi connectivity index (χ1v) is 8.61. The number of fused-ring (bicyclic) bond motifs is 1. The maximum absolute atomic E-state index is 12.6. The summed E-state index contributed by atoms with van der Waals surface area (Å²) in [7, 11) is 0. The van der Waals surface area contributed by atoms with Crippen molar-refractivity contribution in [1.29, 1.82) is 0 Å². The minimum atomic E-state index is 0.118. The first-order valence-electron chi connectivity index (χ1n) is 6.21. The molecule has 1 unspecified atom stereocenters. The van der Waals surface area contributed by atoms with E-state index in [1.807, 2.05) is 6.07 Å². The van der Waals surface area contributed by atoms with Gasteiger partial charge in [0.25, 0.3) is 0 Å². The Morgan fingerprint density at radius 1 is 1.21 bits per heavy atom. The number of hydrogen-bond donors (Lipinski definition) is 0. The van der Waals surface area contributed by atoms with Gasteiger partial charge >= 0.3 is 0 Å². The molecule has 1 heterocycles. The van der Waals surface area contributed by atoms with E-state index in [0.717, 1.165) is 32.4 Å². The maximum Gasteiger partial charge on any atom is 0.168 e. The van der Waals surface area contributed by atoms with Crippen molar-refractivity contribution in [2.75, 3.05) is 0 Å². The highest BCUT2D eigenvalue weighted by molar-refractivity contribution is 9.12. The molecular formula is C15H12Br2OS. The molecule has 98 valence electrons. The number of halogens is 2. The Kier molecular flexibility index (Phi) is 3.92. The second kappa shape index (κ2) is 5.51. The third-order valence-corrected chi connectivity index (χ3v) is 5.98. The molecule has 0 spiro atoms. The Hall–Kier alpha value is -0.450. The summed E-state index contributed by atoms with van der Waals surface area (Å²) < 4.78 is 1.93. The van der Waals surface area contributed by atoms with Gasteiger partial charge in [0.05, 0.1) is 7.57 Å². The van der Waals surface area contributed by atoms with E-state index in [0.29, 0.717) is 0 Å². The van der Waals surface area contributed by atoms with Gasteiger partial charge < -0.3 is 0 Å². The highest BCUT2D eigenvalue weighted by atomic mass is 79.9. The second-order valence-corrected chi connectivity index (χ2v) is 8.56. The summed E-state index contributed by atoms with van der Waals surface area (Å²) in [6, 6.07) is 10.4. The Morgan fingerprint density at radius 2 is 1.95 bits per heavy atom. The summed E-state index contributed by atoms with van der Waals surface area (Å²) >= 11 is 8.48. The molecule has 2 aromatic rings. The Bertz CT molecular complexity index is 633. The van der Waals surface area contributed by atoms with Crippen molar-refractivity contribution in [2.45, 2.75) is 19.3 Å². The lowest BCUT2D eigenvalue weighted by molar-refractivity contribution is 0.0908. The number of aryl methyl sites for hydroxylation is 1. The zero-order chi connectivity index (χ0) is 13.4. The predicted molar refractivity (Wildman–Crippen MR) is 86.0 cm³/mol. The smallest absolute Gasteiger partial charge is 0.168 e. The molecule has 0 amide bonds. The van der Waals surface area contributed by atoms with Gasteiger partial charge in [-0.2, -0.15) is 0 Å². The van der Waals surface area contributed by atoms with E-state index in [2.05, 4.69) is 56.1 Å². The van der Waals surface area contributed by atoms with E-state index in [9.17, 15) is 4.79 Å². The summed E-state index contributed by atoms with van der Waals surface area (Å²) in [5.41, 5.74) is 3.55. The van der Waals surface area contributed by atoms with Crippen LogP contribution in [0.5, 0.6) is 0 Å². The summed E-state index contributed by atoms with van der Waals surface area (Å²) in [6.45, 7) is 0. The van der Waals surface area contributed by atoms with Gasteiger partial charge in [-0.05, 0) is 68.3 Å². The van der Waals surface area contributed by atoms with Crippen molar-refractivity contribution < 1.29 is 4.79 Å². The number of carbonyl (C=O) groups excluding carboxylic acids is 1. The fraction of sp³-hybridized carbons (Fsp3) is 0.267. The molecule has 1 aromatic carbocycles. The number of hydrogen-bond acceptors (Lipinski definition) is 2. The van der Waals surface area contributed by atoms with Gasteiger partial charge in [-0.25, -0.2) is 0 Å². The summed E-state index contributed by atoms with van der Waals surface area (Å²) in [5, 5.41) is 0. The van der Waals surface area contributed by atoms with Crippen molar-refractivity contribution in [1.82, 2.24) is 0 Å². The van der Waals surface area contributed by atoms with E-state index in [1.165, 1.54) is 11.1 Å². The topological polar surface area (TPSA) is 17.1 Å². The summed E-state index contributed by atoms with van der Waals surface area (Å²) in [4.78, 5) is 12.6. The molecule has 0 saturated heterocycles. The molecule has 4 heteroatoms. The average molecular weight is 400 g/mol. The molecule has 1 aliphatic rings. The third-order valence-electron chi connectivity index (χ3n) is 3.64. The van der Waals surface area contributed by atoms with E-state index in [-0.39, 0.29) is 11.7 Å². The number of ketones is 1. The molecule has 0 saturated carbocycles. The molecule has 0 fully saturated rings. The normalized spacial score (nSPS) is 18.1. The van der Waals surface area contributed by atoms with Crippen molar-refractivity contribution in [2.24, 2.45) is 5.92 Å². The van der Waals surface area contributed by atoms with Gasteiger partial charge in [0.1, 0.15) is 0 Å². The van der Waals surface area contributed by atoms with Crippen LogP contribution in [-0.2, 0) is 12.8 Å². The predicted octanol–water partition coefficient (Wildman–Crippen LogP) is 5.26. The molecule has 1 nitrogen and oxygen atoms in total. The van der Waals surface area contributed by atoms with E-state index < -0.39 is 0 Å². The highest BCUT2D eigenvalue weighted by Gasteiger charge is 2.27. The standard InChI is InChI=1S/C15H12Br2OS/c16-13-8-12(15(17)19-13)14(18)11-6-5-9-3-1-2-4-10(9)7-11/h1-4,8,11H,5-7H2. The van der Waals surface area contributed by atoms with Gasteiger partial charge in [-0.1, -0.05) is 24.3 Å². The molecule has 0 aliphatic heterocycles. The quantitative estimate of drug-likeness (QED) is 0.629. The molecule has 0 N–H and O–H groups in total. The van der Waals surface area contributed by atoms with Crippen LogP contribution in [0.2, 0.25) is 0 Å². The van der Waals surface area contributed by atoms with Gasteiger partial charge in [0.15, 0.2) is 5.78 Å². The van der Waals surface area contributed by atoms with Crippen LogP contribution in [0, 0.1) is 5.92 Å². The zero-order valence-electron chi connectivity index (χ0n) is 10.2. The molecular weight excluding hydrogens is 388 g/mol. The van der Waals surface area contributed by atoms with E-state index >= 15 is 0 Å². The van der Waals surface area contributed by atoms with Crippen LogP contribution in [0.3, 0.4) is 0 Å². The van der Waals surface area contributed by atoms with Crippen molar-refractivity contribution in [3.8, 4) is 0 Å². The molecule has 1 atom stereocenters. The Balaban J connectivity index is 1.85. The van der Waals surface area contributed by atoms with Crippen molar-refractivity contribution in [3.05, 3.63) is 54.6 Å². The van der Waals surface area contributed by atoms with Crippen LogP contribution in [0.15, 0.2) is 37.9 Å². The SMILES string of the molecule is O=C(c1cc(Br)sc1Br)C1CCc2ccccc2C1. The average Bonchev–Trinajstić information content (AvgIpc) is 2.76. The number of thiophene rings is 1. The molecule has 0 radical (unpaired) electrons. The van der Waals surface area contributed by atoms with Crippen LogP contribution in [0.25, 0.3) is 0 Å². The molecule has 19 heavy (non-hydrogen) atoms. The molecule has 1 aromatic heterocycles. The first-order chi connectivity index (χ1) is 9.15. The van der Waals surface area contributed by atoms with Crippen LogP contribution >= 0.6 is 43.2 Å². The molecule has 0 bridgehead atoms. The fourth-order valence-corrected chi connectivity index (χ4v) is 5.47. The van der Waals surface area contributed by atoms with E-state index in [4.69, 9.17) is 0 Å². The lowest BCUT2D eigenvalue weighted by Gasteiger charge is -2.23. The minimum Gasteiger partial charge on any atom is -0.294 e. The van der Waals surface area contributed by atoms with Crippen LogP contribution in [0.1, 0.15) is 27.9 Å². The second-order valence-electron chi connectivity index (χ2n) is 4.81. The number of carbonyl (C=O) groups is 1. The summed E-state index contributed by atoms with van der Waals surface area (Å²) in [5.74, 6) is 0.385. The monoisotopic (exact) mass is 398 g/mol. The lowest BCUT2D eigenvalue weighted by Crippen LogP contribution is -2.22. The largest absolute Gasteiger partial charge is 0.294 e. The lowest BCUT2D eigenvalue weighted by atomic mass is 9.80. The molecule has 1 aliphatic carbocycles. The van der Waals surface area contributed by atoms with E-state index in [1.54, 1.807) is 11.3 Å². The Labute approximate surface area is 133 Å². The highest BCUT2D eigenvalue weighted by Crippen LogP contribution is 2.35. The fourth-order valence-electron chi connectivity index (χ4n) is 2.65.